The summed E-state index contributed by atoms with van der Waals surface area (Å²) in [4.78, 5) is 10.9. The first-order chi connectivity index (χ1) is 8.01. The Hall–Kier alpha value is -2.28. The van der Waals surface area contributed by atoms with Gasteiger partial charge in [-0.25, -0.2) is 4.79 Å². The van der Waals surface area contributed by atoms with E-state index in [0.717, 1.165) is 11.1 Å². The Labute approximate surface area is 99.8 Å². The van der Waals surface area contributed by atoms with Gasteiger partial charge >= 0.3 is 5.97 Å². The number of allylic oxidation sites excluding steroid dienone is 1. The van der Waals surface area contributed by atoms with Gasteiger partial charge in [0.2, 0.25) is 0 Å². The minimum atomic E-state index is -1.21. The summed E-state index contributed by atoms with van der Waals surface area (Å²) in [5, 5.41) is 17.7. The zero-order chi connectivity index (χ0) is 13.0. The van der Waals surface area contributed by atoms with Gasteiger partial charge in [0.15, 0.2) is 0 Å². The first-order valence-corrected chi connectivity index (χ1v) is 5.00. The lowest BCUT2D eigenvalue weighted by molar-refractivity contribution is -0.132. The standard InChI is InChI=1S/C13H13NO3/c1-8-6-10(17-3)4-5-11(8)9(2)12(7-14)13(15)16/h4-6H,1-3H3,(H,15,16). The Morgan fingerprint density at radius 2 is 2.12 bits per heavy atom. The van der Waals surface area contributed by atoms with Crippen molar-refractivity contribution >= 4 is 11.5 Å². The zero-order valence-corrected chi connectivity index (χ0v) is 9.94. The van der Waals surface area contributed by atoms with Crippen LogP contribution in [0.3, 0.4) is 0 Å². The lowest BCUT2D eigenvalue weighted by Gasteiger charge is -2.09. The molecule has 4 nitrogen and oxygen atoms in total. The molecule has 1 aromatic rings. The zero-order valence-electron chi connectivity index (χ0n) is 9.94. The molecule has 0 aliphatic carbocycles. The van der Waals surface area contributed by atoms with Gasteiger partial charge in [0.25, 0.3) is 0 Å². The van der Waals surface area contributed by atoms with Crippen LogP contribution >= 0.6 is 0 Å². The first-order valence-electron chi connectivity index (χ1n) is 5.00. The Morgan fingerprint density at radius 3 is 2.53 bits per heavy atom. The Morgan fingerprint density at radius 1 is 1.47 bits per heavy atom. The molecule has 0 fully saturated rings. The number of nitriles is 1. The smallest absolute Gasteiger partial charge is 0.346 e. The lowest BCUT2D eigenvalue weighted by atomic mass is 9.97. The third-order valence-corrected chi connectivity index (χ3v) is 2.54. The third kappa shape index (κ3) is 2.64. The number of rotatable bonds is 3. The van der Waals surface area contributed by atoms with Gasteiger partial charge in [-0.15, -0.1) is 0 Å². The summed E-state index contributed by atoms with van der Waals surface area (Å²) in [5.74, 6) is -0.506. The van der Waals surface area contributed by atoms with Gasteiger partial charge in [-0.1, -0.05) is 6.07 Å². The van der Waals surface area contributed by atoms with E-state index in [9.17, 15) is 4.79 Å². The predicted octanol–water partition coefficient (Wildman–Crippen LogP) is 2.39. The van der Waals surface area contributed by atoms with Crippen molar-refractivity contribution in [2.75, 3.05) is 7.11 Å². The maximum absolute atomic E-state index is 10.9. The van der Waals surface area contributed by atoms with Crippen LogP contribution in [-0.4, -0.2) is 18.2 Å². The highest BCUT2D eigenvalue weighted by Gasteiger charge is 2.13. The number of hydrogen-bond donors (Lipinski definition) is 1. The number of carboxylic acid groups (broad SMARTS) is 1. The highest BCUT2D eigenvalue weighted by atomic mass is 16.5. The minimum Gasteiger partial charge on any atom is -0.497 e. The van der Waals surface area contributed by atoms with Gasteiger partial charge in [-0.05, 0) is 42.7 Å². The molecule has 1 aromatic carbocycles. The summed E-state index contributed by atoms with van der Waals surface area (Å²) in [5.41, 5.74) is 1.83. The van der Waals surface area contributed by atoms with Crippen LogP contribution in [0.25, 0.3) is 5.57 Å². The number of hydrogen-bond acceptors (Lipinski definition) is 3. The molecule has 0 aliphatic rings. The quantitative estimate of drug-likeness (QED) is 0.640. The fraction of sp³-hybridized carbons (Fsp3) is 0.231. The minimum absolute atomic E-state index is 0.238. The van der Waals surface area contributed by atoms with Crippen LogP contribution < -0.4 is 4.74 Å². The average Bonchev–Trinajstić information content (AvgIpc) is 2.28. The topological polar surface area (TPSA) is 70.3 Å². The van der Waals surface area contributed by atoms with Gasteiger partial charge in [-0.2, -0.15) is 5.26 Å². The normalized spacial score (nSPS) is 11.4. The van der Waals surface area contributed by atoms with Crippen molar-refractivity contribution < 1.29 is 14.6 Å². The van der Waals surface area contributed by atoms with Gasteiger partial charge < -0.3 is 9.84 Å². The van der Waals surface area contributed by atoms with Crippen LogP contribution in [-0.2, 0) is 4.79 Å². The van der Waals surface area contributed by atoms with E-state index < -0.39 is 5.97 Å². The molecule has 0 aliphatic heterocycles. The summed E-state index contributed by atoms with van der Waals surface area (Å²) < 4.78 is 5.07. The van der Waals surface area contributed by atoms with E-state index in [-0.39, 0.29) is 5.57 Å². The van der Waals surface area contributed by atoms with E-state index in [1.165, 1.54) is 0 Å². The van der Waals surface area contributed by atoms with Crippen molar-refractivity contribution in [3.05, 3.63) is 34.9 Å². The number of carboxylic acids is 1. The van der Waals surface area contributed by atoms with Crippen molar-refractivity contribution in [2.45, 2.75) is 13.8 Å². The van der Waals surface area contributed by atoms with Crippen LogP contribution in [0.5, 0.6) is 5.75 Å². The summed E-state index contributed by atoms with van der Waals surface area (Å²) in [6, 6.07) is 7.00. The molecule has 1 N–H and O–H groups in total. The van der Waals surface area contributed by atoms with E-state index >= 15 is 0 Å². The molecule has 0 saturated carbocycles. The van der Waals surface area contributed by atoms with E-state index in [1.54, 1.807) is 38.3 Å². The van der Waals surface area contributed by atoms with Crippen LogP contribution in [0.4, 0.5) is 0 Å². The van der Waals surface area contributed by atoms with Crippen LogP contribution in [0.2, 0.25) is 0 Å². The Kier molecular flexibility index (Phi) is 3.89. The fourth-order valence-corrected chi connectivity index (χ4v) is 1.61. The number of aliphatic carboxylic acids is 1. The molecule has 0 spiro atoms. The summed E-state index contributed by atoms with van der Waals surface area (Å²) >= 11 is 0. The fourth-order valence-electron chi connectivity index (χ4n) is 1.61. The largest absolute Gasteiger partial charge is 0.497 e. The number of benzene rings is 1. The summed E-state index contributed by atoms with van der Waals surface area (Å²) in [6.45, 7) is 3.47. The van der Waals surface area contributed by atoms with Gasteiger partial charge in [0.05, 0.1) is 7.11 Å². The average molecular weight is 231 g/mol. The maximum Gasteiger partial charge on any atom is 0.346 e. The maximum atomic E-state index is 10.9. The van der Waals surface area contributed by atoms with E-state index in [0.29, 0.717) is 11.3 Å². The van der Waals surface area contributed by atoms with Crippen LogP contribution in [0.15, 0.2) is 23.8 Å². The van der Waals surface area contributed by atoms with Crippen LogP contribution in [0.1, 0.15) is 18.1 Å². The Bertz CT molecular complexity index is 524. The molecule has 0 amide bonds. The number of ether oxygens (including phenoxy) is 1. The summed E-state index contributed by atoms with van der Waals surface area (Å²) in [6.07, 6.45) is 0. The molecule has 0 aromatic heterocycles. The van der Waals surface area contributed by atoms with Crippen molar-refractivity contribution in [2.24, 2.45) is 0 Å². The second-order valence-electron chi connectivity index (χ2n) is 3.60. The Balaban J connectivity index is 3.35. The number of methoxy groups -OCH3 is 1. The molecule has 0 radical (unpaired) electrons. The van der Waals surface area contributed by atoms with Crippen molar-refractivity contribution in [1.82, 2.24) is 0 Å². The second-order valence-corrected chi connectivity index (χ2v) is 3.60. The lowest BCUT2D eigenvalue weighted by Crippen LogP contribution is -2.02. The molecule has 0 saturated heterocycles. The molecule has 0 atom stereocenters. The molecule has 4 heteroatoms. The molecule has 0 heterocycles. The van der Waals surface area contributed by atoms with Crippen molar-refractivity contribution in [3.8, 4) is 11.8 Å². The highest BCUT2D eigenvalue weighted by Crippen LogP contribution is 2.25. The van der Waals surface area contributed by atoms with Crippen molar-refractivity contribution in [1.29, 1.82) is 5.26 Å². The number of carbonyl (C=O) groups is 1. The molecular formula is C13H13NO3. The van der Waals surface area contributed by atoms with E-state index in [2.05, 4.69) is 0 Å². The van der Waals surface area contributed by atoms with Gasteiger partial charge in [0, 0.05) is 0 Å². The predicted molar refractivity (Wildman–Crippen MR) is 63.6 cm³/mol. The second kappa shape index (κ2) is 5.17. The van der Waals surface area contributed by atoms with E-state index in [4.69, 9.17) is 15.1 Å². The third-order valence-electron chi connectivity index (χ3n) is 2.54. The molecule has 0 unspecified atom stereocenters. The molecule has 1 rings (SSSR count). The number of aryl methyl sites for hydroxylation is 1. The molecule has 88 valence electrons. The SMILES string of the molecule is COc1ccc(C(C)=C(C#N)C(=O)O)c(C)c1. The summed E-state index contributed by atoms with van der Waals surface area (Å²) in [7, 11) is 1.56. The molecule has 17 heavy (non-hydrogen) atoms. The molecular weight excluding hydrogens is 218 g/mol. The monoisotopic (exact) mass is 231 g/mol. The highest BCUT2D eigenvalue weighted by molar-refractivity contribution is 6.00. The van der Waals surface area contributed by atoms with Crippen molar-refractivity contribution in [3.63, 3.8) is 0 Å². The number of nitrogens with zero attached hydrogens (tertiary/aromatic N) is 1. The van der Waals surface area contributed by atoms with Gasteiger partial charge in [0.1, 0.15) is 17.4 Å². The first kappa shape index (κ1) is 12.8. The van der Waals surface area contributed by atoms with E-state index in [1.807, 2.05) is 6.92 Å². The van der Waals surface area contributed by atoms with Crippen LogP contribution in [0, 0.1) is 18.3 Å². The van der Waals surface area contributed by atoms with Gasteiger partial charge in [-0.3, -0.25) is 0 Å². The molecule has 0 bridgehead atoms.